The van der Waals surface area contributed by atoms with Crippen LogP contribution in [0.4, 0.5) is 10.1 Å². The lowest BCUT2D eigenvalue weighted by Gasteiger charge is -2.05. The molecule has 2 nitrogen and oxygen atoms in total. The van der Waals surface area contributed by atoms with Gasteiger partial charge >= 0.3 is 0 Å². The first-order valence-corrected chi connectivity index (χ1v) is 4.70. The molecule has 0 unspecified atom stereocenters. The van der Waals surface area contributed by atoms with Gasteiger partial charge in [0.15, 0.2) is 0 Å². The molecule has 1 aromatic heterocycles. The van der Waals surface area contributed by atoms with Crippen LogP contribution >= 0.6 is 11.6 Å². The molecule has 2 N–H and O–H groups in total. The summed E-state index contributed by atoms with van der Waals surface area (Å²) >= 11 is 5.84. The van der Waals surface area contributed by atoms with Crippen LogP contribution in [0.3, 0.4) is 0 Å². The van der Waals surface area contributed by atoms with E-state index in [0.29, 0.717) is 21.8 Å². The van der Waals surface area contributed by atoms with Gasteiger partial charge in [-0.05, 0) is 24.3 Å². The smallest absolute Gasteiger partial charge is 0.142 e. The molecule has 1 heterocycles. The van der Waals surface area contributed by atoms with Gasteiger partial charge in [-0.2, -0.15) is 0 Å². The van der Waals surface area contributed by atoms with E-state index in [0.717, 1.165) is 6.20 Å². The first-order valence-electron chi connectivity index (χ1n) is 4.33. The monoisotopic (exact) mass is 222 g/mol. The van der Waals surface area contributed by atoms with Crippen molar-refractivity contribution in [2.75, 3.05) is 5.73 Å². The number of pyridine rings is 1. The van der Waals surface area contributed by atoms with Crippen LogP contribution < -0.4 is 5.73 Å². The minimum absolute atomic E-state index is 0.396. The van der Waals surface area contributed by atoms with E-state index in [2.05, 4.69) is 4.98 Å². The highest BCUT2D eigenvalue weighted by Crippen LogP contribution is 2.28. The number of benzene rings is 1. The van der Waals surface area contributed by atoms with Crippen molar-refractivity contribution < 1.29 is 4.39 Å². The standard InChI is InChI=1S/C11H8ClFN2/c12-8-1-2-11(14)10(4-8)7-3-9(13)6-15-5-7/h1-6H,14H2. The number of nitrogen functional groups attached to an aromatic ring is 1. The highest BCUT2D eigenvalue weighted by molar-refractivity contribution is 6.31. The maximum atomic E-state index is 12.9. The van der Waals surface area contributed by atoms with E-state index >= 15 is 0 Å². The predicted octanol–water partition coefficient (Wildman–Crippen LogP) is 3.12. The second kappa shape index (κ2) is 3.87. The van der Waals surface area contributed by atoms with Gasteiger partial charge < -0.3 is 5.73 Å². The van der Waals surface area contributed by atoms with Gasteiger partial charge in [0.1, 0.15) is 5.82 Å². The highest BCUT2D eigenvalue weighted by atomic mass is 35.5. The van der Waals surface area contributed by atoms with Crippen LogP contribution in [0.25, 0.3) is 11.1 Å². The molecule has 2 aromatic rings. The minimum atomic E-state index is -0.396. The number of nitrogens with zero attached hydrogens (tertiary/aromatic N) is 1. The summed E-state index contributed by atoms with van der Waals surface area (Å²) in [5.74, 6) is -0.396. The summed E-state index contributed by atoms with van der Waals surface area (Å²) in [6.07, 6.45) is 2.69. The number of hydrogen-bond acceptors (Lipinski definition) is 2. The number of aromatic nitrogens is 1. The van der Waals surface area contributed by atoms with Crippen LogP contribution in [0.1, 0.15) is 0 Å². The third kappa shape index (κ3) is 2.07. The maximum absolute atomic E-state index is 12.9. The molecule has 0 aliphatic rings. The summed E-state index contributed by atoms with van der Waals surface area (Å²) in [4.78, 5) is 3.76. The van der Waals surface area contributed by atoms with Crippen molar-refractivity contribution in [2.45, 2.75) is 0 Å². The Morgan fingerprint density at radius 1 is 1.20 bits per heavy atom. The maximum Gasteiger partial charge on any atom is 0.142 e. The lowest BCUT2D eigenvalue weighted by atomic mass is 10.1. The van der Waals surface area contributed by atoms with Crippen LogP contribution in [-0.2, 0) is 0 Å². The third-order valence-corrected chi connectivity index (χ3v) is 2.27. The van der Waals surface area contributed by atoms with Gasteiger partial charge in [0, 0.05) is 28.0 Å². The number of rotatable bonds is 1. The summed E-state index contributed by atoms with van der Waals surface area (Å²) in [6, 6.07) is 6.43. The van der Waals surface area contributed by atoms with Crippen molar-refractivity contribution in [3.8, 4) is 11.1 Å². The van der Waals surface area contributed by atoms with Gasteiger partial charge in [-0.15, -0.1) is 0 Å². The zero-order valence-corrected chi connectivity index (χ0v) is 8.50. The Morgan fingerprint density at radius 2 is 2.00 bits per heavy atom. The SMILES string of the molecule is Nc1ccc(Cl)cc1-c1cncc(F)c1. The quantitative estimate of drug-likeness (QED) is 0.753. The second-order valence-electron chi connectivity index (χ2n) is 3.12. The molecule has 0 saturated heterocycles. The number of anilines is 1. The first kappa shape index (κ1) is 9.93. The Morgan fingerprint density at radius 3 is 2.73 bits per heavy atom. The van der Waals surface area contributed by atoms with E-state index in [1.807, 2.05) is 0 Å². The van der Waals surface area contributed by atoms with E-state index in [9.17, 15) is 4.39 Å². The van der Waals surface area contributed by atoms with Crippen LogP contribution in [-0.4, -0.2) is 4.98 Å². The van der Waals surface area contributed by atoms with Crippen LogP contribution in [0.5, 0.6) is 0 Å². The topological polar surface area (TPSA) is 38.9 Å². The van der Waals surface area contributed by atoms with Crippen LogP contribution in [0, 0.1) is 5.82 Å². The van der Waals surface area contributed by atoms with Gasteiger partial charge in [0.2, 0.25) is 0 Å². The molecule has 4 heteroatoms. The van der Waals surface area contributed by atoms with Gasteiger partial charge in [0.05, 0.1) is 6.20 Å². The fourth-order valence-electron chi connectivity index (χ4n) is 1.34. The largest absolute Gasteiger partial charge is 0.398 e. The normalized spacial score (nSPS) is 10.3. The molecule has 2 rings (SSSR count). The van der Waals surface area contributed by atoms with E-state index in [-0.39, 0.29) is 0 Å². The number of nitrogens with two attached hydrogens (primary N) is 1. The number of halogens is 2. The molecule has 0 radical (unpaired) electrons. The Labute approximate surface area is 91.5 Å². The molecular weight excluding hydrogens is 215 g/mol. The van der Waals surface area contributed by atoms with Gasteiger partial charge in [0.25, 0.3) is 0 Å². The van der Waals surface area contributed by atoms with Crippen molar-refractivity contribution in [3.63, 3.8) is 0 Å². The summed E-state index contributed by atoms with van der Waals surface area (Å²) in [5.41, 5.74) is 7.62. The van der Waals surface area contributed by atoms with Crippen LogP contribution in [0.2, 0.25) is 5.02 Å². The molecule has 0 bridgehead atoms. The van der Waals surface area contributed by atoms with Crippen molar-refractivity contribution in [2.24, 2.45) is 0 Å². The molecule has 0 amide bonds. The lowest BCUT2D eigenvalue weighted by molar-refractivity contribution is 0.622. The molecule has 0 fully saturated rings. The Kier molecular flexibility index (Phi) is 2.56. The summed E-state index contributed by atoms with van der Waals surface area (Å²) < 4.78 is 12.9. The molecule has 0 atom stereocenters. The van der Waals surface area contributed by atoms with Crippen molar-refractivity contribution in [1.29, 1.82) is 0 Å². The van der Waals surface area contributed by atoms with Crippen molar-refractivity contribution in [3.05, 3.63) is 47.5 Å². The van der Waals surface area contributed by atoms with E-state index in [1.165, 1.54) is 6.07 Å². The van der Waals surface area contributed by atoms with Crippen molar-refractivity contribution in [1.82, 2.24) is 4.98 Å². The molecule has 0 spiro atoms. The van der Waals surface area contributed by atoms with Crippen LogP contribution in [0.15, 0.2) is 36.7 Å². The summed E-state index contributed by atoms with van der Waals surface area (Å²) in [6.45, 7) is 0. The predicted molar refractivity (Wildman–Crippen MR) is 59.1 cm³/mol. The lowest BCUT2D eigenvalue weighted by Crippen LogP contribution is -1.91. The molecule has 1 aromatic carbocycles. The molecule has 0 aliphatic carbocycles. The third-order valence-electron chi connectivity index (χ3n) is 2.03. The average molecular weight is 223 g/mol. The van der Waals surface area contributed by atoms with Gasteiger partial charge in [-0.25, -0.2) is 4.39 Å². The van der Waals surface area contributed by atoms with E-state index < -0.39 is 5.82 Å². The van der Waals surface area contributed by atoms with E-state index in [1.54, 1.807) is 24.4 Å². The average Bonchev–Trinajstić information content (AvgIpc) is 2.22. The Balaban J connectivity index is 2.58. The molecule has 0 aliphatic heterocycles. The summed E-state index contributed by atoms with van der Waals surface area (Å²) in [7, 11) is 0. The Hall–Kier alpha value is -1.61. The molecular formula is C11H8ClFN2. The second-order valence-corrected chi connectivity index (χ2v) is 3.56. The zero-order chi connectivity index (χ0) is 10.8. The van der Waals surface area contributed by atoms with Crippen molar-refractivity contribution >= 4 is 17.3 Å². The van der Waals surface area contributed by atoms with Gasteiger partial charge in [-0.3, -0.25) is 4.98 Å². The molecule has 15 heavy (non-hydrogen) atoms. The highest BCUT2D eigenvalue weighted by Gasteiger charge is 2.04. The molecule has 76 valence electrons. The fraction of sp³-hybridized carbons (Fsp3) is 0. The zero-order valence-electron chi connectivity index (χ0n) is 7.74. The Bertz CT molecular complexity index is 500. The molecule has 0 saturated carbocycles. The van der Waals surface area contributed by atoms with Gasteiger partial charge in [-0.1, -0.05) is 11.6 Å². The fourth-order valence-corrected chi connectivity index (χ4v) is 1.51. The summed E-state index contributed by atoms with van der Waals surface area (Å²) in [5, 5.41) is 0.559. The minimum Gasteiger partial charge on any atom is -0.398 e. The number of hydrogen-bond donors (Lipinski definition) is 1. The van der Waals surface area contributed by atoms with E-state index in [4.69, 9.17) is 17.3 Å². The first-order chi connectivity index (χ1) is 7.16.